The van der Waals surface area contributed by atoms with Crippen molar-refractivity contribution in [1.29, 1.82) is 0 Å². The zero-order valence-corrected chi connectivity index (χ0v) is 12.9. The molecule has 0 aliphatic heterocycles. The van der Waals surface area contributed by atoms with Crippen LogP contribution in [0.4, 0.5) is 13.2 Å². The minimum Gasteiger partial charge on any atom is -0.497 e. The molecule has 1 aromatic carbocycles. The van der Waals surface area contributed by atoms with Crippen LogP contribution in [0.3, 0.4) is 0 Å². The van der Waals surface area contributed by atoms with Gasteiger partial charge in [-0.05, 0) is 24.1 Å². The van der Waals surface area contributed by atoms with E-state index in [4.69, 9.17) is 4.74 Å². The van der Waals surface area contributed by atoms with Gasteiger partial charge in [0.1, 0.15) is 5.75 Å². The van der Waals surface area contributed by atoms with Gasteiger partial charge in [0.05, 0.1) is 20.6 Å². The average molecular weight is 333 g/mol. The fraction of sp³-hybridized carbons (Fsp3) is 0.467. The zero-order chi connectivity index (χ0) is 17.5. The summed E-state index contributed by atoms with van der Waals surface area (Å²) in [7, 11) is 2.64. The SMILES string of the molecule is COC(=O)CCN(CCc1ccc(OC)cc1)C(=O)C(F)(F)F. The molecule has 0 fully saturated rings. The van der Waals surface area contributed by atoms with Crippen LogP contribution >= 0.6 is 0 Å². The van der Waals surface area contributed by atoms with Crippen LogP contribution in [0.1, 0.15) is 12.0 Å². The number of methoxy groups -OCH3 is 2. The van der Waals surface area contributed by atoms with Crippen molar-refractivity contribution in [2.24, 2.45) is 0 Å². The van der Waals surface area contributed by atoms with E-state index in [0.717, 1.165) is 12.7 Å². The van der Waals surface area contributed by atoms with E-state index < -0.39 is 18.1 Å². The Kier molecular flexibility index (Phi) is 6.87. The summed E-state index contributed by atoms with van der Waals surface area (Å²) in [6.07, 6.45) is -5.04. The van der Waals surface area contributed by atoms with Crippen molar-refractivity contribution < 1.29 is 32.2 Å². The lowest BCUT2D eigenvalue weighted by Crippen LogP contribution is -2.43. The van der Waals surface area contributed by atoms with E-state index in [9.17, 15) is 22.8 Å². The van der Waals surface area contributed by atoms with Crippen LogP contribution in [0.15, 0.2) is 24.3 Å². The summed E-state index contributed by atoms with van der Waals surface area (Å²) in [4.78, 5) is 23.1. The van der Waals surface area contributed by atoms with Crippen molar-refractivity contribution in [2.75, 3.05) is 27.3 Å². The molecule has 0 N–H and O–H groups in total. The van der Waals surface area contributed by atoms with Crippen LogP contribution in [-0.2, 0) is 20.7 Å². The molecule has 0 spiro atoms. The normalized spacial score (nSPS) is 11.0. The Balaban J connectivity index is 2.70. The number of halogens is 3. The topological polar surface area (TPSA) is 55.8 Å². The van der Waals surface area contributed by atoms with Crippen LogP contribution in [0, 0.1) is 0 Å². The van der Waals surface area contributed by atoms with Gasteiger partial charge in [-0.25, -0.2) is 0 Å². The van der Waals surface area contributed by atoms with Crippen LogP contribution < -0.4 is 4.74 Å². The maximum absolute atomic E-state index is 12.6. The van der Waals surface area contributed by atoms with E-state index in [0.29, 0.717) is 10.6 Å². The summed E-state index contributed by atoms with van der Waals surface area (Å²) in [6.45, 7) is -0.497. The molecule has 1 amide bonds. The number of hydrogen-bond acceptors (Lipinski definition) is 4. The summed E-state index contributed by atoms with van der Waals surface area (Å²) < 4.78 is 47.2. The minimum atomic E-state index is -4.98. The lowest BCUT2D eigenvalue weighted by atomic mass is 10.1. The summed E-state index contributed by atoms with van der Waals surface area (Å²) in [5, 5.41) is 0. The fourth-order valence-corrected chi connectivity index (χ4v) is 1.88. The van der Waals surface area contributed by atoms with Crippen LogP contribution in [-0.4, -0.2) is 50.3 Å². The van der Waals surface area contributed by atoms with Crippen molar-refractivity contribution >= 4 is 11.9 Å². The number of ether oxygens (including phenoxy) is 2. The number of rotatable bonds is 7. The number of nitrogens with zero attached hydrogens (tertiary/aromatic N) is 1. The third-order valence-electron chi connectivity index (χ3n) is 3.17. The quantitative estimate of drug-likeness (QED) is 0.718. The highest BCUT2D eigenvalue weighted by Gasteiger charge is 2.42. The Bertz CT molecular complexity index is 529. The first-order valence-corrected chi connectivity index (χ1v) is 6.83. The molecule has 0 aliphatic rings. The van der Waals surface area contributed by atoms with Gasteiger partial charge in [0.15, 0.2) is 0 Å². The zero-order valence-electron chi connectivity index (χ0n) is 12.9. The molecular formula is C15H18F3NO4. The molecule has 5 nitrogen and oxygen atoms in total. The predicted molar refractivity (Wildman–Crippen MR) is 76.0 cm³/mol. The highest BCUT2D eigenvalue weighted by molar-refractivity contribution is 5.82. The van der Waals surface area contributed by atoms with Gasteiger partial charge in [0.2, 0.25) is 0 Å². The van der Waals surface area contributed by atoms with E-state index in [-0.39, 0.29) is 25.9 Å². The number of esters is 1. The Labute approximate surface area is 132 Å². The summed E-state index contributed by atoms with van der Waals surface area (Å²) in [5.74, 6) is -2.01. The summed E-state index contributed by atoms with van der Waals surface area (Å²) in [5.41, 5.74) is 0.754. The Morgan fingerprint density at radius 1 is 1.09 bits per heavy atom. The molecule has 8 heteroatoms. The number of amides is 1. The van der Waals surface area contributed by atoms with Gasteiger partial charge in [-0.2, -0.15) is 13.2 Å². The minimum absolute atomic E-state index is 0.151. The van der Waals surface area contributed by atoms with Gasteiger partial charge < -0.3 is 14.4 Å². The lowest BCUT2D eigenvalue weighted by molar-refractivity contribution is -0.185. The molecule has 0 aromatic heterocycles. The second-order valence-corrected chi connectivity index (χ2v) is 4.71. The molecule has 0 saturated carbocycles. The molecule has 1 rings (SSSR count). The molecule has 0 bridgehead atoms. The predicted octanol–water partition coefficient (Wildman–Crippen LogP) is 2.19. The molecule has 0 saturated heterocycles. The lowest BCUT2D eigenvalue weighted by Gasteiger charge is -2.23. The number of hydrogen-bond donors (Lipinski definition) is 0. The maximum Gasteiger partial charge on any atom is 0.471 e. The van der Waals surface area contributed by atoms with Gasteiger partial charge >= 0.3 is 18.1 Å². The van der Waals surface area contributed by atoms with Gasteiger partial charge in [0.25, 0.3) is 0 Å². The van der Waals surface area contributed by atoms with Crippen LogP contribution in [0.5, 0.6) is 5.75 Å². The van der Waals surface area contributed by atoms with Gasteiger partial charge in [-0.1, -0.05) is 12.1 Å². The van der Waals surface area contributed by atoms with Crippen molar-refractivity contribution in [2.45, 2.75) is 19.0 Å². The molecule has 0 atom stereocenters. The first-order valence-electron chi connectivity index (χ1n) is 6.83. The molecule has 23 heavy (non-hydrogen) atoms. The smallest absolute Gasteiger partial charge is 0.471 e. The maximum atomic E-state index is 12.6. The van der Waals surface area contributed by atoms with E-state index >= 15 is 0 Å². The molecule has 0 aliphatic carbocycles. The number of alkyl halides is 3. The second kappa shape index (κ2) is 8.40. The number of carbonyl (C=O) groups excluding carboxylic acids is 2. The van der Waals surface area contributed by atoms with Crippen molar-refractivity contribution in [3.63, 3.8) is 0 Å². The first-order chi connectivity index (χ1) is 10.8. The van der Waals surface area contributed by atoms with Gasteiger partial charge in [-0.15, -0.1) is 0 Å². The standard InChI is InChI=1S/C15H18F3NO4/c1-22-12-5-3-11(4-6-12)7-9-19(10-8-13(20)23-2)14(21)15(16,17)18/h3-6H,7-10H2,1-2H3. The first kappa shape index (κ1) is 18.8. The highest BCUT2D eigenvalue weighted by atomic mass is 19.4. The molecule has 0 heterocycles. The third kappa shape index (κ3) is 6.17. The number of benzene rings is 1. The number of carbonyl (C=O) groups is 2. The Morgan fingerprint density at radius 3 is 2.17 bits per heavy atom. The van der Waals surface area contributed by atoms with E-state index in [1.54, 1.807) is 24.3 Å². The third-order valence-corrected chi connectivity index (χ3v) is 3.17. The van der Waals surface area contributed by atoms with Gasteiger partial charge in [-0.3, -0.25) is 9.59 Å². The van der Waals surface area contributed by atoms with E-state index in [1.807, 2.05) is 0 Å². The fourth-order valence-electron chi connectivity index (χ4n) is 1.88. The summed E-state index contributed by atoms with van der Waals surface area (Å²) in [6, 6.07) is 6.77. The van der Waals surface area contributed by atoms with Crippen LogP contribution in [0.25, 0.3) is 0 Å². The summed E-state index contributed by atoms with van der Waals surface area (Å²) >= 11 is 0. The molecule has 128 valence electrons. The Morgan fingerprint density at radius 2 is 1.70 bits per heavy atom. The van der Waals surface area contributed by atoms with E-state index in [1.165, 1.54) is 7.11 Å². The molecule has 1 aromatic rings. The molecular weight excluding hydrogens is 315 g/mol. The second-order valence-electron chi connectivity index (χ2n) is 4.71. The van der Waals surface area contributed by atoms with Crippen LogP contribution in [0.2, 0.25) is 0 Å². The Hall–Kier alpha value is -2.25. The monoisotopic (exact) mass is 333 g/mol. The largest absolute Gasteiger partial charge is 0.497 e. The molecule has 0 radical (unpaired) electrons. The average Bonchev–Trinajstić information content (AvgIpc) is 2.53. The van der Waals surface area contributed by atoms with E-state index in [2.05, 4.69) is 4.74 Å². The molecule has 0 unspecified atom stereocenters. The highest BCUT2D eigenvalue weighted by Crippen LogP contribution is 2.19. The van der Waals surface area contributed by atoms with Crippen molar-refractivity contribution in [3.05, 3.63) is 29.8 Å². The van der Waals surface area contributed by atoms with Gasteiger partial charge in [0, 0.05) is 13.1 Å². The van der Waals surface area contributed by atoms with Crippen molar-refractivity contribution in [3.8, 4) is 5.75 Å². The van der Waals surface area contributed by atoms with Crippen molar-refractivity contribution in [1.82, 2.24) is 4.90 Å².